The van der Waals surface area contributed by atoms with Crippen LogP contribution in [0, 0.1) is 6.92 Å². The molecule has 0 saturated heterocycles. The number of nitrogens with zero attached hydrogens (tertiary/aromatic N) is 2. The number of benzene rings is 1. The van der Waals surface area contributed by atoms with Crippen LogP contribution in [0.1, 0.15) is 29.2 Å². The minimum atomic E-state index is -0.232. The van der Waals surface area contributed by atoms with E-state index in [1.54, 1.807) is 4.68 Å². The van der Waals surface area contributed by atoms with Crippen LogP contribution in [-0.4, -0.2) is 15.8 Å². The van der Waals surface area contributed by atoms with Crippen molar-refractivity contribution in [3.8, 4) is 0 Å². The quantitative estimate of drug-likeness (QED) is 0.895. The van der Waals surface area contributed by atoms with E-state index in [2.05, 4.69) is 15.7 Å². The number of hydrogen-bond acceptors (Lipinski definition) is 2. The number of carbonyl (C=O) groups excluding carboxylic acids is 1. The Balaban J connectivity index is 1.68. The number of aromatic nitrogens is 2. The summed E-state index contributed by atoms with van der Waals surface area (Å²) in [5, 5.41) is 10.7. The molecule has 1 aliphatic rings. The number of aryl methyl sites for hydroxylation is 3. The van der Waals surface area contributed by atoms with Gasteiger partial charge in [0, 0.05) is 23.8 Å². The highest BCUT2D eigenvalue weighted by Crippen LogP contribution is 2.32. The van der Waals surface area contributed by atoms with Gasteiger partial charge in [0.25, 0.3) is 0 Å². The summed E-state index contributed by atoms with van der Waals surface area (Å²) in [7, 11) is 1.83. The van der Waals surface area contributed by atoms with Gasteiger partial charge in [-0.1, -0.05) is 17.7 Å². The van der Waals surface area contributed by atoms with E-state index in [1.807, 2.05) is 38.4 Å². The molecule has 0 saturated carbocycles. The van der Waals surface area contributed by atoms with E-state index in [0.717, 1.165) is 29.0 Å². The molecule has 2 aromatic rings. The highest BCUT2D eigenvalue weighted by Gasteiger charge is 2.24. The maximum absolute atomic E-state index is 12.1. The van der Waals surface area contributed by atoms with Gasteiger partial charge in [-0.15, -0.1) is 0 Å². The summed E-state index contributed by atoms with van der Waals surface area (Å²) in [6, 6.07) is 5.62. The SMILES string of the molecule is Cc1cn(C)nc1NC(=O)N[C@@H]1CCc2cc(Cl)ccc21. The first-order valence-corrected chi connectivity index (χ1v) is 7.27. The van der Waals surface area contributed by atoms with Crippen LogP contribution in [0.15, 0.2) is 24.4 Å². The normalized spacial score (nSPS) is 16.6. The van der Waals surface area contributed by atoms with Crippen LogP contribution in [0.5, 0.6) is 0 Å². The van der Waals surface area contributed by atoms with Gasteiger partial charge in [0.05, 0.1) is 6.04 Å². The molecule has 1 atom stereocenters. The number of nitrogens with one attached hydrogen (secondary N) is 2. The maximum Gasteiger partial charge on any atom is 0.320 e. The van der Waals surface area contributed by atoms with Crippen molar-refractivity contribution in [2.75, 3.05) is 5.32 Å². The molecule has 0 fully saturated rings. The van der Waals surface area contributed by atoms with Crippen LogP contribution in [0.25, 0.3) is 0 Å². The fourth-order valence-electron chi connectivity index (χ4n) is 2.77. The molecule has 0 bridgehead atoms. The van der Waals surface area contributed by atoms with E-state index in [1.165, 1.54) is 5.56 Å². The van der Waals surface area contributed by atoms with Crippen molar-refractivity contribution in [2.45, 2.75) is 25.8 Å². The molecule has 1 aliphatic carbocycles. The lowest BCUT2D eigenvalue weighted by atomic mass is 10.1. The van der Waals surface area contributed by atoms with Crippen molar-refractivity contribution in [2.24, 2.45) is 7.05 Å². The lowest BCUT2D eigenvalue weighted by molar-refractivity contribution is 0.248. The molecule has 21 heavy (non-hydrogen) atoms. The average Bonchev–Trinajstić information content (AvgIpc) is 2.93. The van der Waals surface area contributed by atoms with E-state index in [0.29, 0.717) is 5.82 Å². The Morgan fingerprint density at radius 1 is 1.48 bits per heavy atom. The number of rotatable bonds is 2. The Kier molecular flexibility index (Phi) is 3.59. The number of urea groups is 1. The smallest absolute Gasteiger partial charge is 0.320 e. The zero-order valence-electron chi connectivity index (χ0n) is 12.0. The topological polar surface area (TPSA) is 59.0 Å². The molecular formula is C15H17ClN4O. The van der Waals surface area contributed by atoms with Crippen molar-refractivity contribution in [3.05, 3.63) is 46.1 Å². The summed E-state index contributed by atoms with van der Waals surface area (Å²) in [4.78, 5) is 12.1. The van der Waals surface area contributed by atoms with Crippen molar-refractivity contribution < 1.29 is 4.79 Å². The van der Waals surface area contributed by atoms with Crippen LogP contribution >= 0.6 is 11.6 Å². The summed E-state index contributed by atoms with van der Waals surface area (Å²) in [6.45, 7) is 1.91. The Morgan fingerprint density at radius 3 is 3.00 bits per heavy atom. The van der Waals surface area contributed by atoms with Gasteiger partial charge in [0.1, 0.15) is 0 Å². The molecule has 0 radical (unpaired) electrons. The zero-order chi connectivity index (χ0) is 15.0. The standard InChI is InChI=1S/C15H17ClN4O/c1-9-8-20(2)19-14(9)18-15(21)17-13-6-3-10-7-11(16)4-5-12(10)13/h4-5,7-8,13H,3,6H2,1-2H3,(H2,17,18,19,21)/t13-/m1/s1. The Morgan fingerprint density at radius 2 is 2.29 bits per heavy atom. The molecule has 0 spiro atoms. The van der Waals surface area contributed by atoms with Crippen LogP contribution in [0.4, 0.5) is 10.6 Å². The Hall–Kier alpha value is -2.01. The van der Waals surface area contributed by atoms with E-state index in [9.17, 15) is 4.79 Å². The summed E-state index contributed by atoms with van der Waals surface area (Å²) in [5.74, 6) is 0.587. The number of halogens is 1. The molecule has 1 aromatic heterocycles. The largest absolute Gasteiger partial charge is 0.331 e. The number of anilines is 1. The molecule has 6 heteroatoms. The van der Waals surface area contributed by atoms with Gasteiger partial charge in [-0.25, -0.2) is 4.79 Å². The highest BCUT2D eigenvalue weighted by atomic mass is 35.5. The molecule has 2 amide bonds. The van der Waals surface area contributed by atoms with E-state index in [4.69, 9.17) is 11.6 Å². The fraction of sp³-hybridized carbons (Fsp3) is 0.333. The summed E-state index contributed by atoms with van der Waals surface area (Å²) in [5.41, 5.74) is 3.29. The highest BCUT2D eigenvalue weighted by molar-refractivity contribution is 6.30. The van der Waals surface area contributed by atoms with Crippen LogP contribution < -0.4 is 10.6 Å². The fourth-order valence-corrected chi connectivity index (χ4v) is 2.96. The molecule has 1 aromatic carbocycles. The third-order valence-corrected chi connectivity index (χ3v) is 3.97. The molecule has 0 unspecified atom stereocenters. The third-order valence-electron chi connectivity index (χ3n) is 3.73. The molecule has 110 valence electrons. The van der Waals surface area contributed by atoms with Crippen molar-refractivity contribution in [1.29, 1.82) is 0 Å². The molecule has 2 N–H and O–H groups in total. The number of fused-ring (bicyclic) bond motifs is 1. The molecule has 1 heterocycles. The second-order valence-electron chi connectivity index (χ2n) is 5.37. The first-order valence-electron chi connectivity index (χ1n) is 6.89. The van der Waals surface area contributed by atoms with Gasteiger partial charge in [-0.2, -0.15) is 5.10 Å². The summed E-state index contributed by atoms with van der Waals surface area (Å²) >= 11 is 5.99. The number of carbonyl (C=O) groups is 1. The minimum absolute atomic E-state index is 0.0290. The van der Waals surface area contributed by atoms with Crippen LogP contribution in [0.2, 0.25) is 5.02 Å². The number of hydrogen-bond donors (Lipinski definition) is 2. The summed E-state index contributed by atoms with van der Waals surface area (Å²) in [6.07, 6.45) is 3.69. The monoisotopic (exact) mass is 304 g/mol. The molecule has 5 nitrogen and oxygen atoms in total. The maximum atomic E-state index is 12.1. The average molecular weight is 305 g/mol. The van der Waals surface area contributed by atoms with Gasteiger partial charge in [-0.3, -0.25) is 10.00 Å². The van der Waals surface area contributed by atoms with Crippen molar-refractivity contribution >= 4 is 23.4 Å². The zero-order valence-corrected chi connectivity index (χ0v) is 12.7. The lowest BCUT2D eigenvalue weighted by Gasteiger charge is -2.14. The predicted octanol–water partition coefficient (Wildman–Crippen LogP) is 3.19. The Bertz CT molecular complexity index is 695. The van der Waals surface area contributed by atoms with Gasteiger partial charge in [0.2, 0.25) is 0 Å². The van der Waals surface area contributed by atoms with Crippen molar-refractivity contribution in [3.63, 3.8) is 0 Å². The minimum Gasteiger partial charge on any atom is -0.331 e. The first-order chi connectivity index (χ1) is 10.0. The third kappa shape index (κ3) is 2.88. The van der Waals surface area contributed by atoms with Gasteiger partial charge >= 0.3 is 6.03 Å². The second kappa shape index (κ2) is 5.41. The van der Waals surface area contributed by atoms with E-state index >= 15 is 0 Å². The predicted molar refractivity (Wildman–Crippen MR) is 82.6 cm³/mol. The molecular weight excluding hydrogens is 288 g/mol. The van der Waals surface area contributed by atoms with E-state index < -0.39 is 0 Å². The van der Waals surface area contributed by atoms with Crippen molar-refractivity contribution in [1.82, 2.24) is 15.1 Å². The van der Waals surface area contributed by atoms with Crippen LogP contribution in [-0.2, 0) is 13.5 Å². The number of amides is 2. The molecule has 0 aliphatic heterocycles. The summed E-state index contributed by atoms with van der Waals surface area (Å²) < 4.78 is 1.68. The van der Waals surface area contributed by atoms with Gasteiger partial charge in [-0.05, 0) is 43.0 Å². The first kappa shape index (κ1) is 13.9. The van der Waals surface area contributed by atoms with E-state index in [-0.39, 0.29) is 12.1 Å². The Labute approximate surface area is 128 Å². The van der Waals surface area contributed by atoms with Gasteiger partial charge < -0.3 is 5.32 Å². The van der Waals surface area contributed by atoms with Crippen LogP contribution in [0.3, 0.4) is 0 Å². The second-order valence-corrected chi connectivity index (χ2v) is 5.80. The van der Waals surface area contributed by atoms with Gasteiger partial charge in [0.15, 0.2) is 5.82 Å². The lowest BCUT2D eigenvalue weighted by Crippen LogP contribution is -2.31. The molecule has 3 rings (SSSR count).